The molecule has 2 heterocycles. The van der Waals surface area contributed by atoms with Crippen molar-refractivity contribution in [3.05, 3.63) is 23.8 Å². The molecule has 2 fully saturated rings. The van der Waals surface area contributed by atoms with Crippen molar-refractivity contribution >= 4 is 35.3 Å². The molecule has 10 nitrogen and oxygen atoms in total. The number of nitrogens with one attached hydrogen (secondary N) is 2. The number of fused-ring (bicyclic) bond motifs is 1. The number of hydrogen-bond acceptors (Lipinski definition) is 7. The molecule has 10 heteroatoms. The predicted molar refractivity (Wildman–Crippen MR) is 106 cm³/mol. The van der Waals surface area contributed by atoms with Crippen LogP contribution in [-0.2, 0) is 19.1 Å². The molecule has 0 bridgehead atoms. The smallest absolute Gasteiger partial charge is 0.326 e. The molecule has 1 spiro atoms. The van der Waals surface area contributed by atoms with Gasteiger partial charge in [0.05, 0.1) is 5.69 Å². The zero-order chi connectivity index (χ0) is 22.2. The Balaban J connectivity index is 1.35. The lowest BCUT2D eigenvalue weighted by Gasteiger charge is -2.36. The van der Waals surface area contributed by atoms with Gasteiger partial charge in [-0.1, -0.05) is 19.8 Å². The third-order valence-electron chi connectivity index (χ3n) is 6.09. The van der Waals surface area contributed by atoms with Crippen molar-refractivity contribution in [2.75, 3.05) is 25.1 Å². The van der Waals surface area contributed by atoms with Gasteiger partial charge in [0, 0.05) is 5.56 Å². The number of ether oxygens (including phenoxy) is 2. The van der Waals surface area contributed by atoms with Crippen LogP contribution in [0.15, 0.2) is 18.2 Å². The molecule has 1 aromatic carbocycles. The number of esters is 1. The summed E-state index contributed by atoms with van der Waals surface area (Å²) in [6.07, 6.45) is 3.19. The summed E-state index contributed by atoms with van der Waals surface area (Å²) in [7, 11) is 0. The number of ketones is 1. The van der Waals surface area contributed by atoms with E-state index in [-0.39, 0.29) is 24.0 Å². The quantitative estimate of drug-likeness (QED) is 0.409. The van der Waals surface area contributed by atoms with Crippen molar-refractivity contribution in [2.45, 2.75) is 38.1 Å². The van der Waals surface area contributed by atoms with E-state index >= 15 is 0 Å². The maximum absolute atomic E-state index is 12.9. The van der Waals surface area contributed by atoms with E-state index in [1.54, 1.807) is 6.07 Å². The van der Waals surface area contributed by atoms with E-state index < -0.39 is 42.4 Å². The molecular formula is C21H23N3O7. The number of amides is 4. The molecule has 1 saturated carbocycles. The zero-order valence-corrected chi connectivity index (χ0v) is 17.1. The van der Waals surface area contributed by atoms with E-state index in [0.717, 1.165) is 24.2 Å². The number of rotatable bonds is 5. The number of imide groups is 1. The summed E-state index contributed by atoms with van der Waals surface area (Å²) in [6.45, 7) is 0.711. The van der Waals surface area contributed by atoms with Gasteiger partial charge < -0.3 is 20.1 Å². The average Bonchev–Trinajstić information content (AvgIpc) is 2.98. The Labute approximate surface area is 178 Å². The first-order valence-corrected chi connectivity index (χ1v) is 10.2. The minimum absolute atomic E-state index is 0.0197. The fourth-order valence-electron chi connectivity index (χ4n) is 4.30. The van der Waals surface area contributed by atoms with Gasteiger partial charge in [-0.3, -0.25) is 24.1 Å². The Morgan fingerprint density at radius 2 is 2.06 bits per heavy atom. The SMILES string of the molecule is C[C@H]1CCCC[C@@]12NC(=O)N(CC(=O)OCC(=O)c1ccc3c(c1)NC(=O)CO3)C2=O. The molecule has 4 rings (SSSR count). The summed E-state index contributed by atoms with van der Waals surface area (Å²) in [4.78, 5) is 62.1. The van der Waals surface area contributed by atoms with Crippen LogP contribution in [-0.4, -0.2) is 59.8 Å². The Morgan fingerprint density at radius 3 is 2.84 bits per heavy atom. The summed E-state index contributed by atoms with van der Waals surface area (Å²) in [5.41, 5.74) is -0.372. The number of benzene rings is 1. The van der Waals surface area contributed by atoms with Crippen molar-refractivity contribution in [3.63, 3.8) is 0 Å². The van der Waals surface area contributed by atoms with Crippen LogP contribution in [0, 0.1) is 5.92 Å². The number of nitrogens with zero attached hydrogens (tertiary/aromatic N) is 1. The summed E-state index contributed by atoms with van der Waals surface area (Å²) in [5.74, 6) is -1.68. The van der Waals surface area contributed by atoms with E-state index in [1.165, 1.54) is 12.1 Å². The molecule has 0 unspecified atom stereocenters. The molecule has 2 atom stereocenters. The molecule has 2 N–H and O–H groups in total. The first kappa shape index (κ1) is 20.8. The van der Waals surface area contributed by atoms with Gasteiger partial charge in [-0.05, 0) is 37.0 Å². The van der Waals surface area contributed by atoms with E-state index in [1.807, 2.05) is 6.92 Å². The molecule has 1 aliphatic carbocycles. The second kappa shape index (κ2) is 8.01. The van der Waals surface area contributed by atoms with Crippen molar-refractivity contribution < 1.29 is 33.4 Å². The van der Waals surface area contributed by atoms with E-state index in [2.05, 4.69) is 10.6 Å². The molecule has 31 heavy (non-hydrogen) atoms. The number of hydrogen-bond donors (Lipinski definition) is 2. The molecule has 164 valence electrons. The van der Waals surface area contributed by atoms with Crippen LogP contribution in [0.25, 0.3) is 0 Å². The lowest BCUT2D eigenvalue weighted by molar-refractivity contribution is -0.147. The maximum Gasteiger partial charge on any atom is 0.326 e. The van der Waals surface area contributed by atoms with E-state index in [4.69, 9.17) is 9.47 Å². The van der Waals surface area contributed by atoms with Gasteiger partial charge in [0.1, 0.15) is 17.8 Å². The van der Waals surface area contributed by atoms with Crippen molar-refractivity contribution in [1.82, 2.24) is 10.2 Å². The maximum atomic E-state index is 12.9. The highest BCUT2D eigenvalue weighted by molar-refractivity contribution is 6.09. The van der Waals surface area contributed by atoms with E-state index in [0.29, 0.717) is 17.9 Å². The second-order valence-corrected chi connectivity index (χ2v) is 8.07. The van der Waals surface area contributed by atoms with Gasteiger partial charge in [0.15, 0.2) is 19.0 Å². The molecule has 4 amide bonds. The highest BCUT2D eigenvalue weighted by Gasteiger charge is 2.55. The lowest BCUT2D eigenvalue weighted by Crippen LogP contribution is -2.54. The Bertz CT molecular complexity index is 976. The molecule has 1 saturated heterocycles. The molecule has 0 radical (unpaired) electrons. The molecular weight excluding hydrogens is 406 g/mol. The molecule has 1 aromatic rings. The first-order valence-electron chi connectivity index (χ1n) is 10.2. The Kier molecular flexibility index (Phi) is 5.38. The zero-order valence-electron chi connectivity index (χ0n) is 17.1. The number of carbonyl (C=O) groups is 5. The molecule has 2 aliphatic heterocycles. The average molecular weight is 429 g/mol. The third kappa shape index (κ3) is 3.85. The minimum Gasteiger partial charge on any atom is -0.482 e. The van der Waals surface area contributed by atoms with Crippen LogP contribution in [0.2, 0.25) is 0 Å². The first-order chi connectivity index (χ1) is 14.8. The lowest BCUT2D eigenvalue weighted by atomic mass is 9.73. The largest absolute Gasteiger partial charge is 0.482 e. The summed E-state index contributed by atoms with van der Waals surface area (Å²) in [6, 6.07) is 3.86. The number of Topliss-reactive ketones (excluding diaryl/α,β-unsaturated/α-hetero) is 1. The van der Waals surface area contributed by atoms with Gasteiger partial charge in [-0.15, -0.1) is 0 Å². The number of anilines is 1. The van der Waals surface area contributed by atoms with Gasteiger partial charge in [0.25, 0.3) is 11.8 Å². The minimum atomic E-state index is -0.957. The number of carbonyl (C=O) groups excluding carboxylic acids is 5. The topological polar surface area (TPSA) is 131 Å². The highest BCUT2D eigenvalue weighted by Crippen LogP contribution is 2.38. The highest BCUT2D eigenvalue weighted by atomic mass is 16.5. The third-order valence-corrected chi connectivity index (χ3v) is 6.09. The predicted octanol–water partition coefficient (Wildman–Crippen LogP) is 1.24. The fraction of sp³-hybridized carbons (Fsp3) is 0.476. The molecule has 0 aromatic heterocycles. The normalized spacial score (nSPS) is 24.9. The summed E-state index contributed by atoms with van der Waals surface area (Å²) >= 11 is 0. The van der Waals surface area contributed by atoms with Gasteiger partial charge in [-0.25, -0.2) is 4.79 Å². The van der Waals surface area contributed by atoms with Crippen molar-refractivity contribution in [3.8, 4) is 5.75 Å². The van der Waals surface area contributed by atoms with Gasteiger partial charge in [0.2, 0.25) is 0 Å². The second-order valence-electron chi connectivity index (χ2n) is 8.07. The van der Waals surface area contributed by atoms with Crippen LogP contribution in [0.1, 0.15) is 43.0 Å². The Hall–Kier alpha value is -3.43. The van der Waals surface area contributed by atoms with Crippen LogP contribution >= 0.6 is 0 Å². The monoisotopic (exact) mass is 429 g/mol. The van der Waals surface area contributed by atoms with Crippen molar-refractivity contribution in [2.24, 2.45) is 5.92 Å². The van der Waals surface area contributed by atoms with Crippen molar-refractivity contribution in [1.29, 1.82) is 0 Å². The van der Waals surface area contributed by atoms with Crippen LogP contribution in [0.4, 0.5) is 10.5 Å². The Morgan fingerprint density at radius 1 is 1.26 bits per heavy atom. The van der Waals surface area contributed by atoms with Crippen LogP contribution in [0.5, 0.6) is 5.75 Å². The fourth-order valence-corrected chi connectivity index (χ4v) is 4.30. The summed E-state index contributed by atoms with van der Waals surface area (Å²) in [5, 5.41) is 5.36. The van der Waals surface area contributed by atoms with Gasteiger partial charge >= 0.3 is 12.0 Å². The number of urea groups is 1. The summed E-state index contributed by atoms with van der Waals surface area (Å²) < 4.78 is 10.2. The molecule has 3 aliphatic rings. The van der Waals surface area contributed by atoms with Gasteiger partial charge in [-0.2, -0.15) is 0 Å². The van der Waals surface area contributed by atoms with Crippen LogP contribution < -0.4 is 15.4 Å². The van der Waals surface area contributed by atoms with Crippen LogP contribution in [0.3, 0.4) is 0 Å². The standard InChI is InChI=1S/C21H23N3O7/c1-12-4-2-3-7-21(12)19(28)24(20(29)23-21)9-18(27)31-10-15(25)13-5-6-16-14(8-13)22-17(26)11-30-16/h5-6,8,12H,2-4,7,9-11H2,1H3,(H,22,26)(H,23,29)/t12-,21+/m0/s1. The van der Waals surface area contributed by atoms with E-state index in [9.17, 15) is 24.0 Å².